The largest absolute Gasteiger partial charge is 0.349 e. The average molecular weight is 443 g/mol. The summed E-state index contributed by atoms with van der Waals surface area (Å²) >= 11 is 0. The number of fused-ring (bicyclic) bond motifs is 5. The SMILES string of the molecule is CN1C(=O)C=C[C@@]2(C)C1CC[C@@H]1[C@H]2CC[C@]2(C)C(NC(=O)c3c(F)cccc3F)CC[C@@H]12. The zero-order valence-electron chi connectivity index (χ0n) is 19.0. The van der Waals surface area contributed by atoms with Crippen molar-refractivity contribution < 1.29 is 18.4 Å². The third-order valence-electron chi connectivity index (χ3n) is 9.62. The second-order valence-electron chi connectivity index (χ2n) is 10.9. The van der Waals surface area contributed by atoms with E-state index in [1.54, 1.807) is 6.08 Å². The molecule has 1 N–H and O–H groups in total. The van der Waals surface area contributed by atoms with Crippen molar-refractivity contribution in [1.29, 1.82) is 0 Å². The standard InChI is InChI=1S/C26H32F2N2O2/c1-25-13-11-17-15(7-10-21-26(17,2)14-12-22(31)30(21)3)16(25)8-9-20(25)29-24(32)23-18(27)5-4-6-19(23)28/h4-6,12,14-17,20-21H,7-11,13H2,1-3H3,(H,29,32)/t15-,16-,17+,20?,21?,25-,26+/m0/s1. The lowest BCUT2D eigenvalue weighted by Gasteiger charge is -2.60. The Labute approximate surface area is 188 Å². The minimum atomic E-state index is -0.820. The van der Waals surface area contributed by atoms with E-state index < -0.39 is 23.1 Å². The summed E-state index contributed by atoms with van der Waals surface area (Å²) in [6, 6.07) is 3.68. The van der Waals surface area contributed by atoms with Crippen LogP contribution in [0.2, 0.25) is 0 Å². The predicted molar refractivity (Wildman–Crippen MR) is 118 cm³/mol. The molecule has 1 aromatic carbocycles. The molecule has 3 fully saturated rings. The van der Waals surface area contributed by atoms with Crippen LogP contribution < -0.4 is 5.32 Å². The predicted octanol–water partition coefficient (Wildman–Crippen LogP) is 4.70. The van der Waals surface area contributed by atoms with Gasteiger partial charge in [0.15, 0.2) is 0 Å². The van der Waals surface area contributed by atoms with Gasteiger partial charge in [0.2, 0.25) is 5.91 Å². The fourth-order valence-corrected chi connectivity index (χ4v) is 7.92. The fourth-order valence-electron chi connectivity index (χ4n) is 7.92. The number of halogens is 2. The van der Waals surface area contributed by atoms with Crippen LogP contribution in [0.25, 0.3) is 0 Å². The van der Waals surface area contributed by atoms with Crippen LogP contribution in [0.4, 0.5) is 8.78 Å². The first-order valence-electron chi connectivity index (χ1n) is 11.9. The van der Waals surface area contributed by atoms with E-state index >= 15 is 0 Å². The van der Waals surface area contributed by atoms with Crippen LogP contribution in [0.5, 0.6) is 0 Å². The number of carbonyl (C=O) groups excluding carboxylic acids is 2. The Balaban J connectivity index is 1.38. The van der Waals surface area contributed by atoms with E-state index in [9.17, 15) is 18.4 Å². The van der Waals surface area contributed by atoms with Gasteiger partial charge in [0.05, 0.1) is 0 Å². The van der Waals surface area contributed by atoms with Crippen molar-refractivity contribution in [1.82, 2.24) is 10.2 Å². The molecule has 1 heterocycles. The van der Waals surface area contributed by atoms with Gasteiger partial charge in [-0.05, 0) is 79.9 Å². The zero-order valence-corrected chi connectivity index (χ0v) is 19.0. The highest BCUT2D eigenvalue weighted by Crippen LogP contribution is 2.63. The quantitative estimate of drug-likeness (QED) is 0.722. The number of rotatable bonds is 2. The highest BCUT2D eigenvalue weighted by molar-refractivity contribution is 5.95. The second kappa shape index (κ2) is 7.39. The molecule has 32 heavy (non-hydrogen) atoms. The van der Waals surface area contributed by atoms with Gasteiger partial charge in [-0.1, -0.05) is 26.0 Å². The fraction of sp³-hybridized carbons (Fsp3) is 0.615. The lowest BCUT2D eigenvalue weighted by atomic mass is 9.48. The monoisotopic (exact) mass is 442 g/mol. The first-order valence-corrected chi connectivity index (χ1v) is 11.9. The molecule has 4 aliphatic rings. The van der Waals surface area contributed by atoms with Gasteiger partial charge in [-0.25, -0.2) is 8.78 Å². The van der Waals surface area contributed by atoms with Crippen molar-refractivity contribution >= 4 is 11.8 Å². The Kier molecular flexibility index (Phi) is 4.99. The van der Waals surface area contributed by atoms with E-state index in [2.05, 4.69) is 25.2 Å². The molecule has 2 amide bonds. The van der Waals surface area contributed by atoms with E-state index in [-0.39, 0.29) is 28.8 Å². The van der Waals surface area contributed by atoms with Gasteiger partial charge in [-0.3, -0.25) is 9.59 Å². The molecular formula is C26H32F2N2O2. The van der Waals surface area contributed by atoms with Crippen LogP contribution in [0.15, 0.2) is 30.4 Å². The molecule has 0 radical (unpaired) electrons. The number of benzene rings is 1. The topological polar surface area (TPSA) is 49.4 Å². The Morgan fingerprint density at radius 1 is 1.06 bits per heavy atom. The smallest absolute Gasteiger partial charge is 0.257 e. The van der Waals surface area contributed by atoms with Gasteiger partial charge < -0.3 is 10.2 Å². The Bertz CT molecular complexity index is 974. The number of nitrogens with one attached hydrogen (secondary N) is 1. The summed E-state index contributed by atoms with van der Waals surface area (Å²) in [5, 5.41) is 3.00. The number of likely N-dealkylation sites (N-methyl/N-ethyl adjacent to an activating group) is 1. The first-order chi connectivity index (χ1) is 15.2. The summed E-state index contributed by atoms with van der Waals surface area (Å²) in [7, 11) is 1.92. The van der Waals surface area contributed by atoms with Crippen LogP contribution in [-0.2, 0) is 4.79 Å². The van der Waals surface area contributed by atoms with Gasteiger partial charge in [0.1, 0.15) is 17.2 Å². The molecule has 0 spiro atoms. The van der Waals surface area contributed by atoms with Crippen molar-refractivity contribution in [2.45, 2.75) is 64.5 Å². The van der Waals surface area contributed by atoms with Crippen LogP contribution in [0, 0.1) is 40.2 Å². The lowest BCUT2D eigenvalue weighted by molar-refractivity contribution is -0.138. The molecule has 3 aliphatic carbocycles. The molecule has 0 saturated heterocycles. The highest BCUT2D eigenvalue weighted by Gasteiger charge is 2.60. The van der Waals surface area contributed by atoms with Crippen LogP contribution in [-0.4, -0.2) is 35.8 Å². The summed E-state index contributed by atoms with van der Waals surface area (Å²) in [6.45, 7) is 4.57. The summed E-state index contributed by atoms with van der Waals surface area (Å²) in [6.07, 6.45) is 9.84. The maximum absolute atomic E-state index is 14.1. The molecule has 1 aromatic rings. The summed E-state index contributed by atoms with van der Waals surface area (Å²) in [5.41, 5.74) is -0.590. The van der Waals surface area contributed by atoms with Crippen molar-refractivity contribution in [2.24, 2.45) is 28.6 Å². The number of amides is 2. The zero-order chi connectivity index (χ0) is 22.8. The third-order valence-corrected chi connectivity index (χ3v) is 9.62. The van der Waals surface area contributed by atoms with Crippen molar-refractivity contribution in [2.75, 3.05) is 7.05 Å². The van der Waals surface area contributed by atoms with Crippen LogP contribution >= 0.6 is 0 Å². The van der Waals surface area contributed by atoms with E-state index in [4.69, 9.17) is 0 Å². The van der Waals surface area contributed by atoms with Gasteiger partial charge in [-0.2, -0.15) is 0 Å². The molecule has 4 nitrogen and oxygen atoms in total. The molecule has 1 aliphatic heterocycles. The number of hydrogen-bond acceptors (Lipinski definition) is 2. The number of hydrogen-bond donors (Lipinski definition) is 1. The van der Waals surface area contributed by atoms with Gasteiger partial charge in [0.25, 0.3) is 5.91 Å². The lowest BCUT2D eigenvalue weighted by Crippen LogP contribution is -2.60. The Morgan fingerprint density at radius 3 is 2.50 bits per heavy atom. The maximum atomic E-state index is 14.1. The molecule has 172 valence electrons. The molecule has 3 saturated carbocycles. The average Bonchev–Trinajstić information content (AvgIpc) is 3.07. The molecular weight excluding hydrogens is 410 g/mol. The van der Waals surface area contributed by atoms with Crippen LogP contribution in [0.3, 0.4) is 0 Å². The minimum absolute atomic E-state index is 0.0233. The van der Waals surface area contributed by atoms with Gasteiger partial charge >= 0.3 is 0 Å². The molecule has 2 unspecified atom stereocenters. The summed E-state index contributed by atoms with van der Waals surface area (Å²) in [4.78, 5) is 27.0. The second-order valence-corrected chi connectivity index (χ2v) is 10.9. The summed E-state index contributed by atoms with van der Waals surface area (Å²) < 4.78 is 28.3. The first kappa shape index (κ1) is 21.6. The molecule has 0 aromatic heterocycles. The molecule has 0 bridgehead atoms. The summed E-state index contributed by atoms with van der Waals surface area (Å²) in [5.74, 6) is -0.694. The van der Waals surface area contributed by atoms with E-state index in [1.165, 1.54) is 6.07 Å². The maximum Gasteiger partial charge on any atom is 0.257 e. The molecule has 5 rings (SSSR count). The molecule has 6 heteroatoms. The van der Waals surface area contributed by atoms with Crippen LogP contribution in [0.1, 0.15) is 62.7 Å². The third kappa shape index (κ3) is 2.97. The van der Waals surface area contributed by atoms with Crippen molar-refractivity contribution in [3.05, 3.63) is 47.5 Å². The van der Waals surface area contributed by atoms with Gasteiger partial charge in [0, 0.05) is 24.5 Å². The highest BCUT2D eigenvalue weighted by atomic mass is 19.1. The normalized spacial score (nSPS) is 40.5. The van der Waals surface area contributed by atoms with Crippen molar-refractivity contribution in [3.63, 3.8) is 0 Å². The molecule has 7 atom stereocenters. The van der Waals surface area contributed by atoms with E-state index in [0.29, 0.717) is 17.8 Å². The Hall–Kier alpha value is -2.24. The van der Waals surface area contributed by atoms with Gasteiger partial charge in [-0.15, -0.1) is 0 Å². The van der Waals surface area contributed by atoms with Crippen molar-refractivity contribution in [3.8, 4) is 0 Å². The number of carbonyl (C=O) groups is 2. The van der Waals surface area contributed by atoms with E-state index in [0.717, 1.165) is 50.7 Å². The van der Waals surface area contributed by atoms with E-state index in [1.807, 2.05) is 11.9 Å². The number of nitrogens with zero attached hydrogens (tertiary/aromatic N) is 1. The Morgan fingerprint density at radius 2 is 1.78 bits per heavy atom. The minimum Gasteiger partial charge on any atom is -0.349 e.